The molecule has 2 fully saturated rings. The van der Waals surface area contributed by atoms with Gasteiger partial charge in [0.15, 0.2) is 0 Å². The molecule has 1 aliphatic heterocycles. The normalized spacial score (nSPS) is 42.4. The van der Waals surface area contributed by atoms with E-state index in [0.29, 0.717) is 6.61 Å². The van der Waals surface area contributed by atoms with Gasteiger partial charge in [-0.3, -0.25) is 14.4 Å². The molecule has 2 bridgehead atoms. The Kier molecular flexibility index (Phi) is 2.47. The van der Waals surface area contributed by atoms with Crippen molar-refractivity contribution in [1.29, 1.82) is 0 Å². The van der Waals surface area contributed by atoms with E-state index in [1.165, 1.54) is 12.5 Å². The molecule has 0 unspecified atom stereocenters. The van der Waals surface area contributed by atoms with Crippen molar-refractivity contribution < 1.29 is 23.9 Å². The van der Waals surface area contributed by atoms with Gasteiger partial charge in [-0.05, 0) is 36.2 Å². The topological polar surface area (TPSA) is 69.7 Å². The van der Waals surface area contributed by atoms with E-state index in [-0.39, 0.29) is 53.4 Å². The summed E-state index contributed by atoms with van der Waals surface area (Å²) in [6.45, 7) is 3.72. The highest BCUT2D eigenvalue weighted by Gasteiger charge is 2.65. The van der Waals surface area contributed by atoms with Crippen LogP contribution in [0.2, 0.25) is 0 Å². The van der Waals surface area contributed by atoms with E-state index in [2.05, 4.69) is 6.08 Å². The third kappa shape index (κ3) is 1.49. The minimum absolute atomic E-state index is 0.00166. The molecule has 5 rings (SSSR count). The van der Waals surface area contributed by atoms with Crippen LogP contribution in [-0.4, -0.2) is 24.5 Å². The molecule has 0 N–H and O–H groups in total. The van der Waals surface area contributed by atoms with E-state index >= 15 is 0 Å². The van der Waals surface area contributed by atoms with Crippen molar-refractivity contribution in [1.82, 2.24) is 0 Å². The standard InChI is InChI=1S/C16H16O5/c1-6-10(5-20-7(2)17)12-9-4-3-8(11(6)12)13-14(9)16(19)21-15(13)18/h3-4,8-9,11-14H,5H2,1-2H3/t8-,9-,11-,12+,13-,14+/m1/s1. The molecule has 1 saturated carbocycles. The number of allylic oxidation sites excluding steroid dienone is 3. The van der Waals surface area contributed by atoms with Crippen LogP contribution in [0.1, 0.15) is 13.8 Å². The number of carbonyl (C=O) groups is 3. The third-order valence-corrected chi connectivity index (χ3v) is 5.57. The molecule has 0 aromatic carbocycles. The molecule has 0 radical (unpaired) electrons. The van der Waals surface area contributed by atoms with Gasteiger partial charge in [-0.15, -0.1) is 0 Å². The second kappa shape index (κ2) is 4.06. The molecule has 1 heterocycles. The number of hydrogen-bond donors (Lipinski definition) is 0. The molecule has 5 aliphatic rings. The molecule has 4 aliphatic carbocycles. The van der Waals surface area contributed by atoms with Crippen LogP contribution >= 0.6 is 0 Å². The van der Waals surface area contributed by atoms with Gasteiger partial charge in [0.25, 0.3) is 0 Å². The predicted molar refractivity (Wildman–Crippen MR) is 70.5 cm³/mol. The maximum Gasteiger partial charge on any atom is 0.318 e. The lowest BCUT2D eigenvalue weighted by molar-refractivity contribution is -0.154. The summed E-state index contributed by atoms with van der Waals surface area (Å²) >= 11 is 0. The Morgan fingerprint density at radius 1 is 1.10 bits per heavy atom. The first-order valence-electron chi connectivity index (χ1n) is 7.27. The number of rotatable bonds is 2. The smallest absolute Gasteiger partial charge is 0.318 e. The molecule has 6 atom stereocenters. The fourth-order valence-corrected chi connectivity index (χ4v) is 4.76. The summed E-state index contributed by atoms with van der Waals surface area (Å²) in [5.74, 6) is -1.20. The number of ether oxygens (including phenoxy) is 2. The minimum atomic E-state index is -0.390. The van der Waals surface area contributed by atoms with Crippen LogP contribution in [0.25, 0.3) is 0 Å². The van der Waals surface area contributed by atoms with Gasteiger partial charge in [-0.2, -0.15) is 0 Å². The Bertz CT molecular complexity index is 629. The van der Waals surface area contributed by atoms with Gasteiger partial charge in [-0.1, -0.05) is 17.7 Å². The van der Waals surface area contributed by atoms with E-state index in [0.717, 1.165) is 5.57 Å². The third-order valence-electron chi connectivity index (χ3n) is 5.57. The molecular formula is C16H16O5. The first-order valence-corrected chi connectivity index (χ1v) is 7.27. The van der Waals surface area contributed by atoms with Crippen LogP contribution in [0.3, 0.4) is 0 Å². The summed E-state index contributed by atoms with van der Waals surface area (Å²) in [5, 5.41) is 0. The van der Waals surface area contributed by atoms with Gasteiger partial charge in [0, 0.05) is 6.92 Å². The van der Waals surface area contributed by atoms with E-state index < -0.39 is 0 Å². The van der Waals surface area contributed by atoms with Crippen LogP contribution in [0.4, 0.5) is 0 Å². The fraction of sp³-hybridized carbons (Fsp3) is 0.562. The van der Waals surface area contributed by atoms with Gasteiger partial charge < -0.3 is 9.47 Å². The van der Waals surface area contributed by atoms with E-state index in [9.17, 15) is 14.4 Å². The Morgan fingerprint density at radius 3 is 2.24 bits per heavy atom. The van der Waals surface area contributed by atoms with Gasteiger partial charge >= 0.3 is 17.9 Å². The summed E-state index contributed by atoms with van der Waals surface area (Å²) in [7, 11) is 0. The molecule has 5 heteroatoms. The van der Waals surface area contributed by atoms with Gasteiger partial charge in [0.1, 0.15) is 6.61 Å². The number of esters is 3. The van der Waals surface area contributed by atoms with E-state index in [1.54, 1.807) is 0 Å². The maximum absolute atomic E-state index is 12.0. The van der Waals surface area contributed by atoms with Crippen LogP contribution in [0.15, 0.2) is 23.3 Å². The fourth-order valence-electron chi connectivity index (χ4n) is 4.76. The van der Waals surface area contributed by atoms with Crippen molar-refractivity contribution in [2.75, 3.05) is 6.61 Å². The molecular weight excluding hydrogens is 272 g/mol. The number of carbonyl (C=O) groups excluding carboxylic acids is 3. The second-order valence-electron chi connectivity index (χ2n) is 6.37. The largest absolute Gasteiger partial charge is 0.461 e. The summed E-state index contributed by atoms with van der Waals surface area (Å²) < 4.78 is 9.99. The Labute approximate surface area is 122 Å². The monoisotopic (exact) mass is 288 g/mol. The molecule has 5 nitrogen and oxygen atoms in total. The first-order chi connectivity index (χ1) is 10.0. The SMILES string of the molecule is CC(=O)OCC1=C(C)[C@@H]2[C@H]3C=C[C@H]([C@@H]12)[C@@H]1C(=O)OC(=O)[C@H]31. The molecule has 0 amide bonds. The Hall–Kier alpha value is -1.91. The molecule has 0 aromatic rings. The van der Waals surface area contributed by atoms with Crippen molar-refractivity contribution in [2.24, 2.45) is 35.5 Å². The van der Waals surface area contributed by atoms with E-state index in [1.807, 2.05) is 13.0 Å². The average molecular weight is 288 g/mol. The van der Waals surface area contributed by atoms with Crippen molar-refractivity contribution in [3.63, 3.8) is 0 Å². The molecule has 0 aromatic heterocycles. The molecule has 110 valence electrons. The molecule has 21 heavy (non-hydrogen) atoms. The van der Waals surface area contributed by atoms with Gasteiger partial charge in [0.05, 0.1) is 11.8 Å². The lowest BCUT2D eigenvalue weighted by Crippen LogP contribution is -2.55. The number of hydrogen-bond acceptors (Lipinski definition) is 5. The second-order valence-corrected chi connectivity index (χ2v) is 6.37. The van der Waals surface area contributed by atoms with Crippen molar-refractivity contribution in [3.05, 3.63) is 23.3 Å². The van der Waals surface area contributed by atoms with Crippen molar-refractivity contribution in [3.8, 4) is 0 Å². The van der Waals surface area contributed by atoms with Crippen LogP contribution in [0.5, 0.6) is 0 Å². The van der Waals surface area contributed by atoms with Crippen LogP contribution < -0.4 is 0 Å². The lowest BCUT2D eigenvalue weighted by Gasteiger charge is -2.56. The highest BCUT2D eigenvalue weighted by molar-refractivity contribution is 5.98. The summed E-state index contributed by atoms with van der Waals surface area (Å²) in [6.07, 6.45) is 4.12. The van der Waals surface area contributed by atoms with Crippen LogP contribution in [0, 0.1) is 35.5 Å². The Balaban J connectivity index is 1.68. The van der Waals surface area contributed by atoms with Gasteiger partial charge in [0.2, 0.25) is 0 Å². The Morgan fingerprint density at radius 2 is 1.67 bits per heavy atom. The maximum atomic E-state index is 12.0. The van der Waals surface area contributed by atoms with Crippen molar-refractivity contribution in [2.45, 2.75) is 13.8 Å². The highest BCUT2D eigenvalue weighted by Crippen LogP contribution is 2.63. The highest BCUT2D eigenvalue weighted by atomic mass is 16.6. The zero-order chi connectivity index (χ0) is 14.9. The summed E-state index contributed by atoms with van der Waals surface area (Å²) in [4.78, 5) is 34.9. The first kappa shape index (κ1) is 12.8. The zero-order valence-electron chi connectivity index (χ0n) is 11.9. The lowest BCUT2D eigenvalue weighted by atomic mass is 9.45. The van der Waals surface area contributed by atoms with E-state index in [4.69, 9.17) is 9.47 Å². The minimum Gasteiger partial charge on any atom is -0.461 e. The van der Waals surface area contributed by atoms with Crippen molar-refractivity contribution >= 4 is 17.9 Å². The molecule has 1 saturated heterocycles. The molecule has 0 spiro atoms. The predicted octanol–water partition coefficient (Wildman–Crippen LogP) is 1.24. The summed E-state index contributed by atoms with van der Waals surface area (Å²) in [5.41, 5.74) is 2.31. The zero-order valence-corrected chi connectivity index (χ0v) is 11.9. The number of cyclic esters (lactones) is 2. The average Bonchev–Trinajstić information content (AvgIpc) is 2.75. The summed E-state index contributed by atoms with van der Waals surface area (Å²) in [6, 6.07) is 0. The van der Waals surface area contributed by atoms with Crippen LogP contribution in [-0.2, 0) is 23.9 Å². The quantitative estimate of drug-likeness (QED) is 0.434. The van der Waals surface area contributed by atoms with Gasteiger partial charge in [-0.25, -0.2) is 0 Å².